The molecule has 0 radical (unpaired) electrons. The maximum atomic E-state index is 12.4. The molecule has 0 aliphatic carbocycles. The van der Waals surface area contributed by atoms with Gasteiger partial charge in [0.1, 0.15) is 5.75 Å². The van der Waals surface area contributed by atoms with Crippen molar-refractivity contribution in [2.75, 3.05) is 0 Å². The van der Waals surface area contributed by atoms with E-state index in [2.05, 4.69) is 6.58 Å². The first-order valence-electron chi connectivity index (χ1n) is 4.63. The fourth-order valence-electron chi connectivity index (χ4n) is 1.33. The summed E-state index contributed by atoms with van der Waals surface area (Å²) in [7, 11) is 0. The highest BCUT2D eigenvalue weighted by atomic mass is 35.5. The van der Waals surface area contributed by atoms with Crippen LogP contribution in [0.4, 0.5) is 13.2 Å². The molecule has 1 aromatic carbocycles. The molecular formula is C11H13ClF3NO. The van der Waals surface area contributed by atoms with Crippen molar-refractivity contribution >= 4 is 12.4 Å². The van der Waals surface area contributed by atoms with Crippen LogP contribution < -0.4 is 5.73 Å². The minimum Gasteiger partial charge on any atom is -0.508 e. The van der Waals surface area contributed by atoms with Gasteiger partial charge in [-0.05, 0) is 24.6 Å². The van der Waals surface area contributed by atoms with Crippen LogP contribution in [0.15, 0.2) is 30.9 Å². The van der Waals surface area contributed by atoms with Gasteiger partial charge >= 0.3 is 6.18 Å². The van der Waals surface area contributed by atoms with Gasteiger partial charge in [0.05, 0.1) is 5.56 Å². The van der Waals surface area contributed by atoms with Crippen LogP contribution in [0.1, 0.15) is 23.6 Å². The molecule has 0 fully saturated rings. The molecule has 0 aromatic heterocycles. The highest BCUT2D eigenvalue weighted by Crippen LogP contribution is 2.34. The van der Waals surface area contributed by atoms with E-state index < -0.39 is 17.8 Å². The molecule has 0 unspecified atom stereocenters. The molecule has 0 bridgehead atoms. The Balaban J connectivity index is 0.00000256. The topological polar surface area (TPSA) is 46.2 Å². The lowest BCUT2D eigenvalue weighted by Gasteiger charge is -2.14. The summed E-state index contributed by atoms with van der Waals surface area (Å²) >= 11 is 0. The van der Waals surface area contributed by atoms with Crippen LogP contribution in [-0.4, -0.2) is 5.11 Å². The number of phenols is 1. The van der Waals surface area contributed by atoms with Gasteiger partial charge in [-0.2, -0.15) is 13.2 Å². The molecule has 0 saturated carbocycles. The number of hydrogen-bond donors (Lipinski definition) is 2. The van der Waals surface area contributed by atoms with Gasteiger partial charge in [-0.1, -0.05) is 6.08 Å². The molecular weight excluding hydrogens is 255 g/mol. The number of halogens is 4. The number of nitrogens with two attached hydrogens (primary N) is 1. The first kappa shape index (κ1) is 15.8. The lowest BCUT2D eigenvalue weighted by Crippen LogP contribution is -2.12. The van der Waals surface area contributed by atoms with Gasteiger partial charge in [0.15, 0.2) is 0 Å². The molecule has 2 nitrogen and oxygen atoms in total. The summed E-state index contributed by atoms with van der Waals surface area (Å²) in [6, 6.07) is 2.00. The summed E-state index contributed by atoms with van der Waals surface area (Å²) in [5.74, 6) is -0.234. The molecule has 6 heteroatoms. The average Bonchev–Trinajstić information content (AvgIpc) is 2.16. The van der Waals surface area contributed by atoms with Crippen molar-refractivity contribution in [3.05, 3.63) is 42.0 Å². The summed E-state index contributed by atoms with van der Waals surface area (Å²) in [5.41, 5.74) is 4.88. The number of aromatic hydroxyl groups is 1. The van der Waals surface area contributed by atoms with Crippen molar-refractivity contribution in [2.24, 2.45) is 5.73 Å². The maximum absolute atomic E-state index is 12.4. The van der Waals surface area contributed by atoms with Crippen molar-refractivity contribution in [1.29, 1.82) is 0 Å². The standard InChI is InChI=1S/C11H12F3NO.ClH/c1-2-3-9(15)8-6-7(11(12,13)14)4-5-10(8)16;/h2,4-6,9,16H,1,3,15H2;1H/t9-;/m0./s1. The molecule has 0 saturated heterocycles. The third-order valence-electron chi connectivity index (χ3n) is 2.17. The summed E-state index contributed by atoms with van der Waals surface area (Å²) < 4.78 is 37.2. The van der Waals surface area contributed by atoms with Crippen molar-refractivity contribution in [3.8, 4) is 5.75 Å². The van der Waals surface area contributed by atoms with E-state index in [0.29, 0.717) is 6.42 Å². The normalized spacial score (nSPS) is 12.7. The van der Waals surface area contributed by atoms with Gasteiger partial charge in [0.2, 0.25) is 0 Å². The number of phenolic OH excluding ortho intramolecular Hbond substituents is 1. The van der Waals surface area contributed by atoms with Crippen molar-refractivity contribution in [3.63, 3.8) is 0 Å². The van der Waals surface area contributed by atoms with E-state index >= 15 is 0 Å². The van der Waals surface area contributed by atoms with Crippen LogP contribution in [0.25, 0.3) is 0 Å². The van der Waals surface area contributed by atoms with E-state index in [1.165, 1.54) is 6.08 Å². The van der Waals surface area contributed by atoms with Gasteiger partial charge < -0.3 is 10.8 Å². The van der Waals surface area contributed by atoms with E-state index in [-0.39, 0.29) is 23.7 Å². The molecule has 1 aromatic rings. The van der Waals surface area contributed by atoms with Gasteiger partial charge in [0.25, 0.3) is 0 Å². The third-order valence-corrected chi connectivity index (χ3v) is 2.17. The molecule has 0 spiro atoms. The number of hydrogen-bond acceptors (Lipinski definition) is 2. The zero-order valence-corrected chi connectivity index (χ0v) is 9.68. The van der Waals surface area contributed by atoms with Crippen molar-refractivity contribution in [1.82, 2.24) is 0 Å². The van der Waals surface area contributed by atoms with Gasteiger partial charge in [-0.25, -0.2) is 0 Å². The Kier molecular flexibility index (Phi) is 5.51. The van der Waals surface area contributed by atoms with Gasteiger partial charge in [-0.3, -0.25) is 0 Å². The first-order chi connectivity index (χ1) is 7.36. The van der Waals surface area contributed by atoms with E-state index in [1.807, 2.05) is 0 Å². The van der Waals surface area contributed by atoms with Crippen LogP contribution in [-0.2, 0) is 6.18 Å². The Morgan fingerprint density at radius 2 is 2.00 bits per heavy atom. The second-order valence-corrected chi connectivity index (χ2v) is 3.40. The van der Waals surface area contributed by atoms with E-state index in [9.17, 15) is 18.3 Å². The fraction of sp³-hybridized carbons (Fsp3) is 0.273. The molecule has 0 aliphatic rings. The highest BCUT2D eigenvalue weighted by Gasteiger charge is 2.31. The second-order valence-electron chi connectivity index (χ2n) is 3.40. The van der Waals surface area contributed by atoms with Crippen LogP contribution >= 0.6 is 12.4 Å². The zero-order chi connectivity index (χ0) is 12.3. The SMILES string of the molecule is C=CC[C@H](N)c1cc(C(F)(F)F)ccc1O.Cl. The number of benzene rings is 1. The zero-order valence-electron chi connectivity index (χ0n) is 8.87. The Bertz CT molecular complexity index is 393. The number of rotatable bonds is 3. The molecule has 3 N–H and O–H groups in total. The fourth-order valence-corrected chi connectivity index (χ4v) is 1.33. The summed E-state index contributed by atoms with van der Waals surface area (Å²) in [4.78, 5) is 0. The number of alkyl halides is 3. The largest absolute Gasteiger partial charge is 0.508 e. The first-order valence-corrected chi connectivity index (χ1v) is 4.63. The molecule has 0 aliphatic heterocycles. The molecule has 1 rings (SSSR count). The minimum atomic E-state index is -4.43. The van der Waals surface area contributed by atoms with Crippen molar-refractivity contribution < 1.29 is 18.3 Å². The Labute approximate surface area is 103 Å². The van der Waals surface area contributed by atoms with E-state index in [4.69, 9.17) is 5.73 Å². The predicted molar refractivity (Wildman–Crippen MR) is 62.1 cm³/mol. The molecule has 96 valence electrons. The second kappa shape index (κ2) is 5.93. The average molecular weight is 268 g/mol. The quantitative estimate of drug-likeness (QED) is 0.825. The van der Waals surface area contributed by atoms with E-state index in [0.717, 1.165) is 18.2 Å². The van der Waals surface area contributed by atoms with Crippen LogP contribution in [0, 0.1) is 0 Å². The lowest BCUT2D eigenvalue weighted by atomic mass is 10.0. The Hall–Kier alpha value is -1.20. The van der Waals surface area contributed by atoms with Gasteiger partial charge in [0, 0.05) is 11.6 Å². The Morgan fingerprint density at radius 1 is 1.41 bits per heavy atom. The summed E-state index contributed by atoms with van der Waals surface area (Å²) in [5, 5.41) is 9.42. The molecule has 0 heterocycles. The molecule has 17 heavy (non-hydrogen) atoms. The van der Waals surface area contributed by atoms with Crippen LogP contribution in [0.2, 0.25) is 0 Å². The molecule has 0 amide bonds. The minimum absolute atomic E-state index is 0. The van der Waals surface area contributed by atoms with Crippen molar-refractivity contribution in [2.45, 2.75) is 18.6 Å². The highest BCUT2D eigenvalue weighted by molar-refractivity contribution is 5.85. The third kappa shape index (κ3) is 3.94. The molecule has 1 atom stereocenters. The monoisotopic (exact) mass is 267 g/mol. The van der Waals surface area contributed by atoms with Gasteiger partial charge in [-0.15, -0.1) is 19.0 Å². The summed E-state index contributed by atoms with van der Waals surface area (Å²) in [6.45, 7) is 3.44. The smallest absolute Gasteiger partial charge is 0.416 e. The van der Waals surface area contributed by atoms with Crippen LogP contribution in [0.3, 0.4) is 0 Å². The Morgan fingerprint density at radius 3 is 2.47 bits per heavy atom. The maximum Gasteiger partial charge on any atom is 0.416 e. The van der Waals surface area contributed by atoms with Crippen LogP contribution in [0.5, 0.6) is 5.75 Å². The predicted octanol–water partition coefficient (Wildman–Crippen LogP) is 3.41. The van der Waals surface area contributed by atoms with E-state index in [1.54, 1.807) is 0 Å². The lowest BCUT2D eigenvalue weighted by molar-refractivity contribution is -0.137. The summed E-state index contributed by atoms with van der Waals surface area (Å²) in [6.07, 6.45) is -2.64.